The number of carbonyl (C=O) groups excluding carboxylic acids is 2. The number of carbonyl (C=O) groups is 2. The molecule has 0 bridgehead atoms. The van der Waals surface area contributed by atoms with Crippen LogP contribution in [0.3, 0.4) is 0 Å². The van der Waals surface area contributed by atoms with Crippen LogP contribution in [0, 0.1) is 0 Å². The molecule has 3 amide bonds. The van der Waals surface area contributed by atoms with Gasteiger partial charge >= 0.3 is 6.03 Å². The molecule has 2 aliphatic rings. The lowest BCUT2D eigenvalue weighted by Crippen LogP contribution is -3.16. The number of nitrogens with zero attached hydrogens (tertiary/aromatic N) is 2. The predicted molar refractivity (Wildman–Crippen MR) is 116 cm³/mol. The molecule has 0 unspecified atom stereocenters. The number of amides is 3. The number of hydrogen-bond donors (Lipinski definition) is 2. The van der Waals surface area contributed by atoms with Crippen molar-refractivity contribution in [3.8, 4) is 5.75 Å². The number of anilines is 1. The molecule has 0 aliphatic carbocycles. The van der Waals surface area contributed by atoms with Gasteiger partial charge in [-0.1, -0.05) is 18.2 Å². The Morgan fingerprint density at radius 2 is 1.87 bits per heavy atom. The third-order valence-electron chi connectivity index (χ3n) is 6.30. The Morgan fingerprint density at radius 1 is 1.13 bits per heavy atom. The maximum atomic E-state index is 13.1. The van der Waals surface area contributed by atoms with Gasteiger partial charge in [0.15, 0.2) is 6.67 Å². The molecular formula is C23H31N5O3+2. The van der Waals surface area contributed by atoms with E-state index in [9.17, 15) is 9.59 Å². The molecular weight excluding hydrogens is 394 g/mol. The van der Waals surface area contributed by atoms with Gasteiger partial charge < -0.3 is 15.0 Å². The molecule has 3 N–H and O–H groups in total. The molecule has 2 fully saturated rings. The Kier molecular flexibility index (Phi) is 6.08. The van der Waals surface area contributed by atoms with Crippen LogP contribution in [0.1, 0.15) is 18.9 Å². The van der Waals surface area contributed by atoms with Crippen molar-refractivity contribution in [1.29, 1.82) is 0 Å². The Balaban J connectivity index is 1.31. The quantitative estimate of drug-likeness (QED) is 0.618. The zero-order valence-electron chi connectivity index (χ0n) is 18.2. The second kappa shape index (κ2) is 8.93. The molecule has 2 aromatic rings. The first-order valence-corrected chi connectivity index (χ1v) is 10.8. The normalized spacial score (nSPS) is 22.0. The van der Waals surface area contributed by atoms with Crippen LogP contribution < -0.4 is 24.8 Å². The van der Waals surface area contributed by atoms with Crippen LogP contribution in [0.2, 0.25) is 0 Å². The van der Waals surface area contributed by atoms with Gasteiger partial charge in [0.2, 0.25) is 0 Å². The van der Waals surface area contributed by atoms with E-state index in [1.54, 1.807) is 7.11 Å². The third kappa shape index (κ3) is 4.64. The SMILES string of the molecule is COc1ccc(CC[C@]2(C)NC(=O)N(C[NH+]3CCN(c4cccc[nH+]4)CC3)C2=O)cc1. The summed E-state index contributed by atoms with van der Waals surface area (Å²) in [7, 11) is 1.64. The molecule has 1 aromatic heterocycles. The van der Waals surface area contributed by atoms with Gasteiger partial charge in [0.05, 0.1) is 13.3 Å². The van der Waals surface area contributed by atoms with Gasteiger partial charge in [-0.05, 0) is 43.5 Å². The zero-order valence-corrected chi connectivity index (χ0v) is 18.2. The van der Waals surface area contributed by atoms with Gasteiger partial charge in [0.25, 0.3) is 11.7 Å². The Morgan fingerprint density at radius 3 is 2.52 bits per heavy atom. The molecule has 0 spiro atoms. The predicted octanol–water partition coefficient (Wildman–Crippen LogP) is 0.115. The first kappa shape index (κ1) is 21.1. The van der Waals surface area contributed by atoms with Crippen molar-refractivity contribution in [1.82, 2.24) is 10.2 Å². The van der Waals surface area contributed by atoms with E-state index in [0.717, 1.165) is 43.3 Å². The van der Waals surface area contributed by atoms with Crippen LogP contribution in [-0.4, -0.2) is 62.3 Å². The minimum atomic E-state index is -0.864. The van der Waals surface area contributed by atoms with E-state index in [0.29, 0.717) is 19.5 Å². The van der Waals surface area contributed by atoms with Crippen molar-refractivity contribution in [2.45, 2.75) is 25.3 Å². The summed E-state index contributed by atoms with van der Waals surface area (Å²) in [6.07, 6.45) is 3.20. The van der Waals surface area contributed by atoms with E-state index in [1.165, 1.54) is 9.80 Å². The van der Waals surface area contributed by atoms with Gasteiger partial charge in [-0.15, -0.1) is 0 Å². The number of ether oxygens (including phenoxy) is 1. The number of benzene rings is 1. The minimum absolute atomic E-state index is 0.127. The topological polar surface area (TPSA) is 80.5 Å². The highest BCUT2D eigenvalue weighted by molar-refractivity contribution is 6.06. The lowest BCUT2D eigenvalue weighted by molar-refractivity contribution is -0.908. The zero-order chi connectivity index (χ0) is 21.8. The van der Waals surface area contributed by atoms with Gasteiger partial charge in [-0.25, -0.2) is 14.7 Å². The van der Waals surface area contributed by atoms with Crippen LogP contribution in [0.15, 0.2) is 48.7 Å². The number of H-pyrrole nitrogens is 1. The smallest absolute Gasteiger partial charge is 0.329 e. The molecule has 8 heteroatoms. The van der Waals surface area contributed by atoms with Crippen molar-refractivity contribution < 1.29 is 24.2 Å². The van der Waals surface area contributed by atoms with Crippen LogP contribution in [0.25, 0.3) is 0 Å². The average molecular weight is 426 g/mol. The number of pyridine rings is 1. The highest BCUT2D eigenvalue weighted by Gasteiger charge is 2.48. The number of aromatic amines is 1. The average Bonchev–Trinajstić information content (AvgIpc) is 3.02. The molecule has 0 radical (unpaired) electrons. The summed E-state index contributed by atoms with van der Waals surface area (Å²) in [5.74, 6) is 1.78. The van der Waals surface area contributed by atoms with E-state index >= 15 is 0 Å². The second-order valence-electron chi connectivity index (χ2n) is 8.49. The number of urea groups is 1. The minimum Gasteiger partial charge on any atom is -0.497 e. The summed E-state index contributed by atoms with van der Waals surface area (Å²) in [4.78, 5) is 33.9. The van der Waals surface area contributed by atoms with Gasteiger partial charge in [-0.2, -0.15) is 0 Å². The molecule has 1 aromatic carbocycles. The summed E-state index contributed by atoms with van der Waals surface area (Å²) in [5.41, 5.74) is 0.249. The van der Waals surface area contributed by atoms with Crippen LogP contribution in [0.5, 0.6) is 5.75 Å². The number of methoxy groups -OCH3 is 1. The molecule has 3 heterocycles. The van der Waals surface area contributed by atoms with Gasteiger partial charge in [0, 0.05) is 6.07 Å². The van der Waals surface area contributed by atoms with Gasteiger partial charge in [0.1, 0.15) is 37.5 Å². The molecule has 31 heavy (non-hydrogen) atoms. The molecule has 2 aliphatic heterocycles. The fraction of sp³-hybridized carbons (Fsp3) is 0.435. The molecule has 4 rings (SSSR count). The highest BCUT2D eigenvalue weighted by Crippen LogP contribution is 2.23. The van der Waals surface area contributed by atoms with E-state index in [2.05, 4.69) is 21.3 Å². The van der Waals surface area contributed by atoms with Crippen LogP contribution in [0.4, 0.5) is 10.6 Å². The number of quaternary nitrogens is 1. The number of aryl methyl sites for hydroxylation is 1. The fourth-order valence-corrected chi connectivity index (χ4v) is 4.27. The van der Waals surface area contributed by atoms with Crippen LogP contribution >= 0.6 is 0 Å². The standard InChI is InChI=1S/C23H29N5O3/c1-23(11-10-18-6-8-19(31-2)9-7-18)21(29)28(22(30)25-23)17-26-13-15-27(16-14-26)20-5-3-4-12-24-20/h3-9,12H,10-11,13-17H2,1-2H3,(H,25,30)/p+2/t23-/m0/s1. The number of aromatic nitrogens is 1. The summed E-state index contributed by atoms with van der Waals surface area (Å²) < 4.78 is 5.19. The number of piperazine rings is 1. The molecule has 164 valence electrons. The van der Waals surface area contributed by atoms with Crippen molar-refractivity contribution in [2.24, 2.45) is 0 Å². The Bertz CT molecular complexity index is 913. The van der Waals surface area contributed by atoms with Gasteiger partial charge in [-0.3, -0.25) is 9.69 Å². The molecule has 2 saturated heterocycles. The van der Waals surface area contributed by atoms with Crippen molar-refractivity contribution in [2.75, 3.05) is 44.9 Å². The maximum absolute atomic E-state index is 13.1. The first-order chi connectivity index (χ1) is 15.0. The van der Waals surface area contributed by atoms with Crippen molar-refractivity contribution >= 4 is 17.8 Å². The largest absolute Gasteiger partial charge is 0.497 e. The van der Waals surface area contributed by atoms with Crippen molar-refractivity contribution in [3.05, 3.63) is 54.2 Å². The van der Waals surface area contributed by atoms with E-state index in [4.69, 9.17) is 4.74 Å². The lowest BCUT2D eigenvalue weighted by atomic mass is 9.93. The second-order valence-corrected chi connectivity index (χ2v) is 8.49. The van der Waals surface area contributed by atoms with Crippen LogP contribution in [-0.2, 0) is 11.2 Å². The van der Waals surface area contributed by atoms with E-state index < -0.39 is 5.54 Å². The third-order valence-corrected chi connectivity index (χ3v) is 6.30. The summed E-state index contributed by atoms with van der Waals surface area (Å²) in [6.45, 7) is 5.76. The van der Waals surface area contributed by atoms with Crippen molar-refractivity contribution in [3.63, 3.8) is 0 Å². The van der Waals surface area contributed by atoms with E-state index in [1.807, 2.05) is 49.5 Å². The van der Waals surface area contributed by atoms with E-state index in [-0.39, 0.29) is 11.9 Å². The highest BCUT2D eigenvalue weighted by atomic mass is 16.5. The summed E-state index contributed by atoms with van der Waals surface area (Å²) >= 11 is 0. The molecule has 8 nitrogen and oxygen atoms in total. The molecule has 1 atom stereocenters. The number of imide groups is 1. The maximum Gasteiger partial charge on any atom is 0.329 e. The monoisotopic (exact) mass is 425 g/mol. The summed E-state index contributed by atoms with van der Waals surface area (Å²) in [6, 6.07) is 13.6. The number of nitrogens with one attached hydrogen (secondary N) is 3. The fourth-order valence-electron chi connectivity index (χ4n) is 4.27. The first-order valence-electron chi connectivity index (χ1n) is 10.8. The summed E-state index contributed by atoms with van der Waals surface area (Å²) in [5, 5.41) is 2.93. The molecule has 0 saturated carbocycles. The Hall–Kier alpha value is -3.13. The lowest BCUT2D eigenvalue weighted by Gasteiger charge is -2.30. The Labute approximate surface area is 182 Å². The number of rotatable bonds is 7. The number of hydrogen-bond acceptors (Lipinski definition) is 4.